The topological polar surface area (TPSA) is 53.0 Å². The number of rotatable bonds is 5. The molecule has 4 rings (SSSR count). The number of nitrogens with zero attached hydrogens (tertiary/aromatic N) is 2. The van der Waals surface area contributed by atoms with E-state index in [1.807, 2.05) is 7.11 Å². The van der Waals surface area contributed by atoms with E-state index in [2.05, 4.69) is 9.80 Å². The van der Waals surface area contributed by atoms with Crippen LogP contribution in [0.25, 0.3) is 0 Å². The van der Waals surface area contributed by atoms with Gasteiger partial charge in [-0.3, -0.25) is 9.69 Å². The van der Waals surface area contributed by atoms with Crippen LogP contribution in [0.15, 0.2) is 0 Å². The fourth-order valence-electron chi connectivity index (χ4n) is 5.07. The van der Waals surface area contributed by atoms with Crippen LogP contribution >= 0.6 is 0 Å². The highest BCUT2D eigenvalue weighted by Gasteiger charge is 2.47. The number of hydrogen-bond acceptors (Lipinski definition) is 4. The van der Waals surface area contributed by atoms with E-state index in [0.29, 0.717) is 24.3 Å². The number of carbonyl (C=O) groups excluding carboxylic acids is 1. The van der Waals surface area contributed by atoms with Crippen LogP contribution in [0.3, 0.4) is 0 Å². The standard InChI is InChI=1S/C19H32N2O3/c1-24-12-16-10-19(13-21(16)11-14-2-3-14)4-6-20(7-5-19)18(23)15-8-17(22)9-15/h14-17,22H,2-13H2,1H3. The van der Waals surface area contributed by atoms with E-state index in [-0.39, 0.29) is 17.9 Å². The summed E-state index contributed by atoms with van der Waals surface area (Å²) in [5, 5.41) is 9.43. The molecule has 0 radical (unpaired) electrons. The molecule has 0 aromatic rings. The second kappa shape index (κ2) is 6.58. The minimum absolute atomic E-state index is 0.0882. The Morgan fingerprint density at radius 2 is 1.96 bits per heavy atom. The third-order valence-corrected chi connectivity index (χ3v) is 6.87. The number of ether oxygens (including phenoxy) is 1. The first-order chi connectivity index (χ1) is 11.6. The van der Waals surface area contributed by atoms with Crippen molar-refractivity contribution in [3.63, 3.8) is 0 Å². The Kier molecular flexibility index (Phi) is 4.61. The molecular formula is C19H32N2O3. The number of carbonyl (C=O) groups is 1. The lowest BCUT2D eigenvalue weighted by atomic mass is 9.75. The van der Waals surface area contributed by atoms with E-state index in [4.69, 9.17) is 4.74 Å². The molecule has 5 nitrogen and oxygen atoms in total. The zero-order chi connectivity index (χ0) is 16.7. The Hall–Kier alpha value is -0.650. The predicted molar refractivity (Wildman–Crippen MR) is 91.6 cm³/mol. The average molecular weight is 336 g/mol. The van der Waals surface area contributed by atoms with Crippen molar-refractivity contribution < 1.29 is 14.6 Å². The van der Waals surface area contributed by atoms with Crippen LogP contribution < -0.4 is 0 Å². The number of piperidine rings is 1. The van der Waals surface area contributed by atoms with Crippen LogP contribution in [0.4, 0.5) is 0 Å². The zero-order valence-electron chi connectivity index (χ0n) is 15.0. The number of aliphatic hydroxyl groups excluding tert-OH is 1. The molecule has 1 spiro atoms. The molecule has 24 heavy (non-hydrogen) atoms. The second-order valence-electron chi connectivity index (χ2n) is 8.83. The molecule has 1 amide bonds. The van der Waals surface area contributed by atoms with Crippen LogP contribution in [0, 0.1) is 17.3 Å². The maximum atomic E-state index is 12.5. The van der Waals surface area contributed by atoms with Crippen molar-refractivity contribution in [2.75, 3.05) is 39.9 Å². The minimum Gasteiger partial charge on any atom is -0.393 e. The van der Waals surface area contributed by atoms with Gasteiger partial charge in [0.25, 0.3) is 0 Å². The highest BCUT2D eigenvalue weighted by atomic mass is 16.5. The molecule has 2 saturated carbocycles. The molecule has 4 aliphatic rings. The molecule has 2 aliphatic heterocycles. The van der Waals surface area contributed by atoms with E-state index in [1.165, 1.54) is 32.4 Å². The van der Waals surface area contributed by atoms with Crippen molar-refractivity contribution in [1.29, 1.82) is 0 Å². The molecule has 2 heterocycles. The van der Waals surface area contributed by atoms with Crippen molar-refractivity contribution in [2.24, 2.45) is 17.3 Å². The van der Waals surface area contributed by atoms with Crippen molar-refractivity contribution in [1.82, 2.24) is 9.80 Å². The summed E-state index contributed by atoms with van der Waals surface area (Å²) in [4.78, 5) is 17.2. The summed E-state index contributed by atoms with van der Waals surface area (Å²) in [6.45, 7) is 5.10. The SMILES string of the molecule is COCC1CC2(CCN(C(=O)C3CC(O)C3)CC2)CN1CC1CC1. The molecular weight excluding hydrogens is 304 g/mol. The van der Waals surface area contributed by atoms with Gasteiger partial charge < -0.3 is 14.7 Å². The third-order valence-electron chi connectivity index (χ3n) is 6.87. The lowest BCUT2D eigenvalue weighted by Crippen LogP contribution is -2.49. The summed E-state index contributed by atoms with van der Waals surface area (Å²) in [5.74, 6) is 1.30. The summed E-state index contributed by atoms with van der Waals surface area (Å²) in [5.41, 5.74) is 0.397. The molecule has 1 N–H and O–H groups in total. The van der Waals surface area contributed by atoms with Crippen LogP contribution in [0.5, 0.6) is 0 Å². The quantitative estimate of drug-likeness (QED) is 0.827. The van der Waals surface area contributed by atoms with Crippen molar-refractivity contribution >= 4 is 5.91 Å². The fourth-order valence-corrected chi connectivity index (χ4v) is 5.07. The van der Waals surface area contributed by atoms with Gasteiger partial charge >= 0.3 is 0 Å². The monoisotopic (exact) mass is 336 g/mol. The van der Waals surface area contributed by atoms with E-state index in [1.54, 1.807) is 0 Å². The Bertz CT molecular complexity index is 465. The first kappa shape index (κ1) is 16.8. The molecule has 0 bridgehead atoms. The van der Waals surface area contributed by atoms with Crippen LogP contribution in [0.1, 0.15) is 44.9 Å². The van der Waals surface area contributed by atoms with E-state index < -0.39 is 0 Å². The molecule has 136 valence electrons. The van der Waals surface area contributed by atoms with Crippen LogP contribution in [-0.2, 0) is 9.53 Å². The summed E-state index contributed by atoms with van der Waals surface area (Å²) >= 11 is 0. The molecule has 0 aromatic heterocycles. The van der Waals surface area contributed by atoms with Crippen LogP contribution in [-0.4, -0.2) is 72.9 Å². The van der Waals surface area contributed by atoms with Gasteiger partial charge in [0.2, 0.25) is 5.91 Å². The lowest BCUT2D eigenvalue weighted by molar-refractivity contribution is -0.144. The first-order valence-corrected chi connectivity index (χ1v) is 9.78. The molecule has 1 atom stereocenters. The van der Waals surface area contributed by atoms with Gasteiger partial charge in [0.1, 0.15) is 0 Å². The van der Waals surface area contributed by atoms with Crippen molar-refractivity contribution in [3.8, 4) is 0 Å². The molecule has 4 fully saturated rings. The van der Waals surface area contributed by atoms with E-state index >= 15 is 0 Å². The number of hydrogen-bond donors (Lipinski definition) is 1. The zero-order valence-corrected chi connectivity index (χ0v) is 15.0. The molecule has 0 aromatic carbocycles. The van der Waals surface area contributed by atoms with Crippen molar-refractivity contribution in [3.05, 3.63) is 0 Å². The summed E-state index contributed by atoms with van der Waals surface area (Å²) in [6.07, 6.45) is 7.41. The highest BCUT2D eigenvalue weighted by molar-refractivity contribution is 5.80. The fraction of sp³-hybridized carbons (Fsp3) is 0.947. The molecule has 1 unspecified atom stereocenters. The number of likely N-dealkylation sites (tertiary alicyclic amines) is 2. The summed E-state index contributed by atoms with van der Waals surface area (Å²) in [7, 11) is 1.81. The molecule has 2 saturated heterocycles. The van der Waals surface area contributed by atoms with Crippen molar-refractivity contribution in [2.45, 2.75) is 57.1 Å². The second-order valence-corrected chi connectivity index (χ2v) is 8.83. The normalized spacial score (nSPS) is 36.1. The number of amides is 1. The summed E-state index contributed by atoms with van der Waals surface area (Å²) < 4.78 is 5.49. The van der Waals surface area contributed by atoms with Gasteiger partial charge in [-0.05, 0) is 56.3 Å². The highest BCUT2D eigenvalue weighted by Crippen LogP contribution is 2.45. The average Bonchev–Trinajstić information content (AvgIpc) is 3.29. The van der Waals surface area contributed by atoms with Gasteiger partial charge in [-0.1, -0.05) is 0 Å². The van der Waals surface area contributed by atoms with Gasteiger partial charge in [-0.25, -0.2) is 0 Å². The van der Waals surface area contributed by atoms with Gasteiger partial charge in [-0.15, -0.1) is 0 Å². The van der Waals surface area contributed by atoms with Crippen LogP contribution in [0.2, 0.25) is 0 Å². The molecule has 5 heteroatoms. The number of aliphatic hydroxyl groups is 1. The summed E-state index contributed by atoms with van der Waals surface area (Å²) in [6, 6.07) is 0.569. The third kappa shape index (κ3) is 3.35. The van der Waals surface area contributed by atoms with Gasteiger partial charge in [0.05, 0.1) is 12.7 Å². The van der Waals surface area contributed by atoms with Gasteiger partial charge in [-0.2, -0.15) is 0 Å². The Morgan fingerprint density at radius 1 is 1.25 bits per heavy atom. The van der Waals surface area contributed by atoms with E-state index in [0.717, 1.165) is 38.5 Å². The minimum atomic E-state index is -0.240. The largest absolute Gasteiger partial charge is 0.393 e. The smallest absolute Gasteiger partial charge is 0.225 e. The lowest BCUT2D eigenvalue weighted by Gasteiger charge is -2.42. The predicted octanol–water partition coefficient (Wildman–Crippen LogP) is 1.50. The Balaban J connectivity index is 1.32. The maximum absolute atomic E-state index is 12.5. The molecule has 2 aliphatic carbocycles. The Morgan fingerprint density at radius 3 is 2.54 bits per heavy atom. The van der Waals surface area contributed by atoms with Gasteiger partial charge in [0, 0.05) is 45.2 Å². The number of methoxy groups -OCH3 is 1. The van der Waals surface area contributed by atoms with Gasteiger partial charge in [0.15, 0.2) is 0 Å². The maximum Gasteiger partial charge on any atom is 0.225 e. The first-order valence-electron chi connectivity index (χ1n) is 9.78. The Labute approximate surface area is 145 Å². The van der Waals surface area contributed by atoms with E-state index in [9.17, 15) is 9.90 Å².